The maximum absolute atomic E-state index is 11.9. The topological polar surface area (TPSA) is 49.3 Å². The molecule has 0 bridgehead atoms. The van der Waals surface area contributed by atoms with Crippen LogP contribution < -0.4 is 5.32 Å². The van der Waals surface area contributed by atoms with Gasteiger partial charge in [-0.15, -0.1) is 11.8 Å². The Morgan fingerprint density at radius 1 is 1.14 bits per heavy atom. The Morgan fingerprint density at radius 2 is 1.82 bits per heavy atom. The van der Waals surface area contributed by atoms with Crippen molar-refractivity contribution in [2.45, 2.75) is 30.1 Å². The van der Waals surface area contributed by atoms with Crippen molar-refractivity contribution in [2.75, 3.05) is 6.54 Å². The molecule has 0 aliphatic heterocycles. The summed E-state index contributed by atoms with van der Waals surface area (Å²) in [6.07, 6.45) is 0.176. The molecule has 3 nitrogen and oxygen atoms in total. The van der Waals surface area contributed by atoms with Crippen LogP contribution in [-0.4, -0.2) is 23.7 Å². The third kappa shape index (κ3) is 5.54. The van der Waals surface area contributed by atoms with Gasteiger partial charge in [-0.25, -0.2) is 0 Å². The number of aliphatic hydroxyl groups is 1. The minimum Gasteiger partial charge on any atom is -0.393 e. The summed E-state index contributed by atoms with van der Waals surface area (Å²) in [5, 5.41) is 12.0. The molecule has 2 rings (SSSR count). The van der Waals surface area contributed by atoms with E-state index in [0.29, 0.717) is 18.5 Å². The number of hydrogen-bond acceptors (Lipinski definition) is 3. The van der Waals surface area contributed by atoms with Crippen molar-refractivity contribution in [1.82, 2.24) is 5.32 Å². The van der Waals surface area contributed by atoms with Gasteiger partial charge in [-0.3, -0.25) is 4.79 Å². The molecule has 0 saturated heterocycles. The van der Waals surface area contributed by atoms with Crippen molar-refractivity contribution in [1.29, 1.82) is 0 Å². The molecule has 1 unspecified atom stereocenters. The van der Waals surface area contributed by atoms with Crippen LogP contribution in [0, 0.1) is 0 Å². The average Bonchev–Trinajstić information content (AvgIpc) is 2.54. The van der Waals surface area contributed by atoms with Gasteiger partial charge in [0, 0.05) is 22.8 Å². The van der Waals surface area contributed by atoms with Gasteiger partial charge in [0.05, 0.1) is 6.10 Å². The Hall–Kier alpha value is -1.78. The first-order chi connectivity index (χ1) is 10.6. The van der Waals surface area contributed by atoms with Gasteiger partial charge in [-0.1, -0.05) is 30.3 Å². The summed E-state index contributed by atoms with van der Waals surface area (Å²) in [6.45, 7) is 2.20. The highest BCUT2D eigenvalue weighted by Crippen LogP contribution is 2.22. The lowest BCUT2D eigenvalue weighted by molar-refractivity contribution is 0.0945. The third-order valence-electron chi connectivity index (χ3n) is 3.21. The molecule has 0 radical (unpaired) electrons. The lowest BCUT2D eigenvalue weighted by Crippen LogP contribution is -2.26. The first-order valence-electron chi connectivity index (χ1n) is 7.38. The fourth-order valence-corrected chi connectivity index (χ4v) is 2.81. The monoisotopic (exact) mass is 315 g/mol. The van der Waals surface area contributed by atoms with Gasteiger partial charge in [0.15, 0.2) is 0 Å². The Morgan fingerprint density at radius 3 is 2.45 bits per heavy atom. The minimum absolute atomic E-state index is 0.0945. The molecule has 1 atom stereocenters. The molecule has 0 aliphatic carbocycles. The molecule has 0 aliphatic rings. The molecule has 0 heterocycles. The van der Waals surface area contributed by atoms with E-state index >= 15 is 0 Å². The quantitative estimate of drug-likeness (QED) is 0.769. The molecule has 2 N–H and O–H groups in total. The molecule has 2 aromatic rings. The molecule has 0 fully saturated rings. The van der Waals surface area contributed by atoms with Crippen LogP contribution in [0.1, 0.15) is 29.3 Å². The highest BCUT2D eigenvalue weighted by Gasteiger charge is 2.05. The molecule has 0 saturated carbocycles. The Labute approximate surface area is 135 Å². The third-order valence-corrected chi connectivity index (χ3v) is 4.30. The lowest BCUT2D eigenvalue weighted by atomic mass is 10.1. The smallest absolute Gasteiger partial charge is 0.251 e. The maximum atomic E-state index is 11.9. The number of amides is 1. The Bertz CT molecular complexity index is 582. The van der Waals surface area contributed by atoms with Gasteiger partial charge in [0.25, 0.3) is 5.91 Å². The SMILES string of the molecule is CC(O)CCNC(=O)c1ccc(CSc2ccccc2)cc1. The molecular formula is C18H21NO2S. The largest absolute Gasteiger partial charge is 0.393 e. The van der Waals surface area contributed by atoms with E-state index < -0.39 is 6.10 Å². The highest BCUT2D eigenvalue weighted by atomic mass is 32.2. The normalized spacial score (nSPS) is 11.9. The average molecular weight is 315 g/mol. The molecule has 0 spiro atoms. The maximum Gasteiger partial charge on any atom is 0.251 e. The molecule has 0 aromatic heterocycles. The van der Waals surface area contributed by atoms with E-state index in [1.165, 1.54) is 10.5 Å². The van der Waals surface area contributed by atoms with E-state index in [1.807, 2.05) is 42.5 Å². The highest BCUT2D eigenvalue weighted by molar-refractivity contribution is 7.98. The van der Waals surface area contributed by atoms with Crippen LogP contribution in [0.4, 0.5) is 0 Å². The summed E-state index contributed by atoms with van der Waals surface area (Å²) in [6, 6.07) is 17.9. The molecule has 1 amide bonds. The Kier molecular flexibility index (Phi) is 6.49. The van der Waals surface area contributed by atoms with E-state index in [0.717, 1.165) is 5.75 Å². The fourth-order valence-electron chi connectivity index (χ4n) is 1.93. The summed E-state index contributed by atoms with van der Waals surface area (Å²) >= 11 is 1.78. The van der Waals surface area contributed by atoms with Gasteiger partial charge in [-0.05, 0) is 43.2 Å². The summed E-state index contributed by atoms with van der Waals surface area (Å²) in [7, 11) is 0. The Balaban J connectivity index is 1.83. The van der Waals surface area contributed by atoms with Gasteiger partial charge in [0.1, 0.15) is 0 Å². The molecular weight excluding hydrogens is 294 g/mol. The van der Waals surface area contributed by atoms with E-state index in [1.54, 1.807) is 18.7 Å². The predicted octanol–water partition coefficient (Wildman–Crippen LogP) is 3.48. The standard InChI is InChI=1S/C18H21NO2S/c1-14(20)11-12-19-18(21)16-9-7-15(8-10-16)13-22-17-5-3-2-4-6-17/h2-10,14,20H,11-13H2,1H3,(H,19,21). The summed E-state index contributed by atoms with van der Waals surface area (Å²) in [5.41, 5.74) is 1.84. The molecule has 4 heteroatoms. The lowest BCUT2D eigenvalue weighted by Gasteiger charge is -2.07. The second-order valence-corrected chi connectivity index (χ2v) is 6.24. The molecule has 116 valence electrons. The number of hydrogen-bond donors (Lipinski definition) is 2. The van der Waals surface area contributed by atoms with Crippen LogP contribution in [0.15, 0.2) is 59.5 Å². The number of aliphatic hydroxyl groups excluding tert-OH is 1. The zero-order chi connectivity index (χ0) is 15.8. The number of carbonyl (C=O) groups is 1. The predicted molar refractivity (Wildman–Crippen MR) is 91.1 cm³/mol. The van der Waals surface area contributed by atoms with Gasteiger partial charge in [-0.2, -0.15) is 0 Å². The summed E-state index contributed by atoms with van der Waals surface area (Å²) in [5.74, 6) is 0.788. The van der Waals surface area contributed by atoms with Crippen molar-refractivity contribution in [3.05, 3.63) is 65.7 Å². The second-order valence-electron chi connectivity index (χ2n) is 5.19. The molecule has 22 heavy (non-hydrogen) atoms. The number of thioether (sulfide) groups is 1. The van der Waals surface area contributed by atoms with Crippen LogP contribution >= 0.6 is 11.8 Å². The van der Waals surface area contributed by atoms with Crippen molar-refractivity contribution in [3.63, 3.8) is 0 Å². The van der Waals surface area contributed by atoms with Crippen LogP contribution in [0.5, 0.6) is 0 Å². The van der Waals surface area contributed by atoms with Crippen molar-refractivity contribution in [2.24, 2.45) is 0 Å². The van der Waals surface area contributed by atoms with E-state index in [4.69, 9.17) is 0 Å². The van der Waals surface area contributed by atoms with Crippen molar-refractivity contribution >= 4 is 17.7 Å². The van der Waals surface area contributed by atoms with Crippen LogP contribution in [-0.2, 0) is 5.75 Å². The van der Waals surface area contributed by atoms with Crippen LogP contribution in [0.2, 0.25) is 0 Å². The van der Waals surface area contributed by atoms with E-state index in [9.17, 15) is 9.90 Å². The first kappa shape index (κ1) is 16.6. The first-order valence-corrected chi connectivity index (χ1v) is 8.37. The van der Waals surface area contributed by atoms with Gasteiger partial charge in [0.2, 0.25) is 0 Å². The number of carbonyl (C=O) groups excluding carboxylic acids is 1. The van der Waals surface area contributed by atoms with E-state index in [2.05, 4.69) is 17.4 Å². The minimum atomic E-state index is -0.391. The molecule has 2 aromatic carbocycles. The van der Waals surface area contributed by atoms with Crippen LogP contribution in [0.25, 0.3) is 0 Å². The summed E-state index contributed by atoms with van der Waals surface area (Å²) in [4.78, 5) is 13.2. The van der Waals surface area contributed by atoms with Crippen molar-refractivity contribution < 1.29 is 9.90 Å². The van der Waals surface area contributed by atoms with Crippen LogP contribution in [0.3, 0.4) is 0 Å². The van der Waals surface area contributed by atoms with Gasteiger partial charge < -0.3 is 10.4 Å². The summed E-state index contributed by atoms with van der Waals surface area (Å²) < 4.78 is 0. The van der Waals surface area contributed by atoms with Crippen molar-refractivity contribution in [3.8, 4) is 0 Å². The number of nitrogens with one attached hydrogen (secondary N) is 1. The van der Waals surface area contributed by atoms with E-state index in [-0.39, 0.29) is 5.91 Å². The zero-order valence-corrected chi connectivity index (χ0v) is 13.5. The number of benzene rings is 2. The zero-order valence-electron chi connectivity index (χ0n) is 12.7. The van der Waals surface area contributed by atoms with Gasteiger partial charge >= 0.3 is 0 Å². The number of rotatable bonds is 7. The second kappa shape index (κ2) is 8.61. The fraction of sp³-hybridized carbons (Fsp3) is 0.278.